The molecule has 21 heavy (non-hydrogen) atoms. The molecule has 0 spiro atoms. The molecule has 0 aliphatic carbocycles. The molecule has 0 aliphatic rings. The summed E-state index contributed by atoms with van der Waals surface area (Å²) in [5, 5.41) is 1.05. The van der Waals surface area contributed by atoms with Crippen LogP contribution in [0.1, 0.15) is 10.4 Å². The van der Waals surface area contributed by atoms with Crippen molar-refractivity contribution in [2.24, 2.45) is 5.73 Å². The molecule has 1 amide bonds. The number of hydrogen-bond donors (Lipinski definition) is 2. The molecule has 102 valence electrons. The van der Waals surface area contributed by atoms with Gasteiger partial charge in [-0.3, -0.25) is 14.0 Å². The van der Waals surface area contributed by atoms with Gasteiger partial charge in [-0.15, -0.1) is 0 Å². The smallest absolute Gasteiger partial charge is 0.264 e. The number of aromatic amines is 1. The van der Waals surface area contributed by atoms with Crippen molar-refractivity contribution in [2.75, 3.05) is 0 Å². The molecule has 0 atom stereocenters. The largest absolute Gasteiger partial charge is 0.365 e. The van der Waals surface area contributed by atoms with Gasteiger partial charge in [0.15, 0.2) is 0 Å². The number of pyridine rings is 1. The first kappa shape index (κ1) is 11.7. The van der Waals surface area contributed by atoms with E-state index in [0.29, 0.717) is 22.0 Å². The molecular formula is C16H11N3O2. The van der Waals surface area contributed by atoms with Gasteiger partial charge in [-0.2, -0.15) is 0 Å². The summed E-state index contributed by atoms with van der Waals surface area (Å²) in [5.41, 5.74) is 7.66. The number of para-hydroxylation sites is 2. The minimum absolute atomic E-state index is 0.164. The summed E-state index contributed by atoms with van der Waals surface area (Å²) < 4.78 is 1.51. The predicted molar refractivity (Wildman–Crippen MR) is 81.5 cm³/mol. The first-order chi connectivity index (χ1) is 10.2. The highest BCUT2D eigenvalue weighted by atomic mass is 16.1. The van der Waals surface area contributed by atoms with E-state index in [1.54, 1.807) is 24.3 Å². The molecule has 3 N–H and O–H groups in total. The van der Waals surface area contributed by atoms with Crippen molar-refractivity contribution in [2.45, 2.75) is 0 Å². The number of nitrogens with one attached hydrogen (secondary N) is 1. The Balaban J connectivity index is 2.43. The van der Waals surface area contributed by atoms with E-state index >= 15 is 0 Å². The molecule has 2 aromatic heterocycles. The van der Waals surface area contributed by atoms with Crippen LogP contribution in [0.25, 0.3) is 27.5 Å². The van der Waals surface area contributed by atoms with Crippen LogP contribution in [-0.2, 0) is 0 Å². The normalized spacial score (nSPS) is 11.4. The number of amides is 1. The molecule has 2 aromatic carbocycles. The SMILES string of the molecule is NC(=O)c1c2ccccc2c(=O)n2c1[nH]c1ccccc12. The minimum atomic E-state index is -0.560. The van der Waals surface area contributed by atoms with Crippen LogP contribution in [0.15, 0.2) is 53.3 Å². The zero-order valence-corrected chi connectivity index (χ0v) is 11.0. The lowest BCUT2D eigenvalue weighted by molar-refractivity contribution is 0.100. The minimum Gasteiger partial charge on any atom is -0.365 e. The van der Waals surface area contributed by atoms with Crippen molar-refractivity contribution in [3.05, 3.63) is 64.4 Å². The second-order valence-electron chi connectivity index (χ2n) is 4.92. The standard InChI is InChI=1S/C16H11N3O2/c17-14(20)13-9-5-1-2-6-10(9)16(21)19-12-8-4-3-7-11(12)18-15(13)19/h1-8,18H,(H2,17,20). The second kappa shape index (κ2) is 3.96. The highest BCUT2D eigenvalue weighted by molar-refractivity contribution is 6.12. The van der Waals surface area contributed by atoms with Crippen LogP contribution in [-0.4, -0.2) is 15.3 Å². The van der Waals surface area contributed by atoms with Gasteiger partial charge in [-0.05, 0) is 18.2 Å². The van der Waals surface area contributed by atoms with Gasteiger partial charge in [-0.25, -0.2) is 0 Å². The Morgan fingerprint density at radius 3 is 2.43 bits per heavy atom. The number of primary amides is 1. The molecule has 5 nitrogen and oxygen atoms in total. The van der Waals surface area contributed by atoms with Crippen molar-refractivity contribution < 1.29 is 4.79 Å². The Bertz CT molecular complexity index is 1090. The van der Waals surface area contributed by atoms with E-state index in [9.17, 15) is 9.59 Å². The van der Waals surface area contributed by atoms with E-state index in [0.717, 1.165) is 11.0 Å². The van der Waals surface area contributed by atoms with E-state index in [1.807, 2.05) is 24.3 Å². The number of aromatic nitrogens is 2. The molecule has 4 aromatic rings. The first-order valence-corrected chi connectivity index (χ1v) is 6.52. The number of nitrogens with two attached hydrogens (primary N) is 1. The average molecular weight is 277 g/mol. The number of carbonyl (C=O) groups is 1. The number of imidazole rings is 1. The number of hydrogen-bond acceptors (Lipinski definition) is 2. The maximum absolute atomic E-state index is 12.7. The quantitative estimate of drug-likeness (QED) is 0.558. The van der Waals surface area contributed by atoms with E-state index in [2.05, 4.69) is 4.98 Å². The Kier molecular flexibility index (Phi) is 2.21. The number of nitrogens with zero attached hydrogens (tertiary/aromatic N) is 1. The van der Waals surface area contributed by atoms with Gasteiger partial charge in [0.1, 0.15) is 5.65 Å². The van der Waals surface area contributed by atoms with E-state index in [4.69, 9.17) is 5.73 Å². The van der Waals surface area contributed by atoms with Gasteiger partial charge in [-0.1, -0.05) is 30.3 Å². The summed E-state index contributed by atoms with van der Waals surface area (Å²) in [6.07, 6.45) is 0. The van der Waals surface area contributed by atoms with Crippen LogP contribution in [0.2, 0.25) is 0 Å². The number of rotatable bonds is 1. The lowest BCUT2D eigenvalue weighted by atomic mass is 10.1. The van der Waals surface area contributed by atoms with Crippen molar-refractivity contribution in [1.29, 1.82) is 0 Å². The lowest BCUT2D eigenvalue weighted by Gasteiger charge is -2.05. The molecule has 0 unspecified atom stereocenters. The van der Waals surface area contributed by atoms with E-state index < -0.39 is 5.91 Å². The van der Waals surface area contributed by atoms with Crippen LogP contribution < -0.4 is 11.3 Å². The maximum Gasteiger partial charge on any atom is 0.264 e. The van der Waals surface area contributed by atoms with Crippen LogP contribution in [0.5, 0.6) is 0 Å². The highest BCUT2D eigenvalue weighted by Gasteiger charge is 2.18. The monoisotopic (exact) mass is 277 g/mol. The Morgan fingerprint density at radius 2 is 1.67 bits per heavy atom. The summed E-state index contributed by atoms with van der Waals surface area (Å²) in [4.78, 5) is 27.8. The fraction of sp³-hybridized carbons (Fsp3) is 0. The van der Waals surface area contributed by atoms with Crippen molar-refractivity contribution in [3.8, 4) is 0 Å². The Hall–Kier alpha value is -3.08. The van der Waals surface area contributed by atoms with E-state index in [-0.39, 0.29) is 5.56 Å². The molecule has 0 fully saturated rings. The van der Waals surface area contributed by atoms with Crippen LogP contribution in [0.4, 0.5) is 0 Å². The number of fused-ring (bicyclic) bond motifs is 4. The zero-order valence-electron chi connectivity index (χ0n) is 11.0. The van der Waals surface area contributed by atoms with Crippen LogP contribution in [0.3, 0.4) is 0 Å². The maximum atomic E-state index is 12.7. The predicted octanol–water partition coefficient (Wildman–Crippen LogP) is 2.03. The fourth-order valence-corrected chi connectivity index (χ4v) is 2.85. The Labute approximate surface area is 118 Å². The second-order valence-corrected chi connectivity index (χ2v) is 4.92. The molecule has 0 bridgehead atoms. The van der Waals surface area contributed by atoms with Gasteiger partial charge in [0.05, 0.1) is 16.6 Å². The molecule has 0 aliphatic heterocycles. The highest BCUT2D eigenvalue weighted by Crippen LogP contribution is 2.23. The fourth-order valence-electron chi connectivity index (χ4n) is 2.85. The molecule has 0 radical (unpaired) electrons. The van der Waals surface area contributed by atoms with Crippen LogP contribution in [0, 0.1) is 0 Å². The van der Waals surface area contributed by atoms with Gasteiger partial charge in [0.25, 0.3) is 11.5 Å². The molecular weight excluding hydrogens is 266 g/mol. The zero-order chi connectivity index (χ0) is 14.6. The van der Waals surface area contributed by atoms with Crippen molar-refractivity contribution in [1.82, 2.24) is 9.38 Å². The molecule has 2 heterocycles. The third kappa shape index (κ3) is 1.45. The molecule has 5 heteroatoms. The van der Waals surface area contributed by atoms with Gasteiger partial charge < -0.3 is 10.7 Å². The Morgan fingerprint density at radius 1 is 1.00 bits per heavy atom. The van der Waals surface area contributed by atoms with Crippen molar-refractivity contribution >= 4 is 33.4 Å². The van der Waals surface area contributed by atoms with Crippen molar-refractivity contribution in [3.63, 3.8) is 0 Å². The first-order valence-electron chi connectivity index (χ1n) is 6.52. The summed E-state index contributed by atoms with van der Waals surface area (Å²) in [6.45, 7) is 0. The summed E-state index contributed by atoms with van der Waals surface area (Å²) in [7, 11) is 0. The molecule has 0 saturated heterocycles. The summed E-state index contributed by atoms with van der Waals surface area (Å²) in [5.74, 6) is -0.560. The third-order valence-corrected chi connectivity index (χ3v) is 3.73. The van der Waals surface area contributed by atoms with Gasteiger partial charge in [0, 0.05) is 10.8 Å². The average Bonchev–Trinajstić information content (AvgIpc) is 2.86. The van der Waals surface area contributed by atoms with Crippen LogP contribution >= 0.6 is 0 Å². The van der Waals surface area contributed by atoms with Gasteiger partial charge in [0.2, 0.25) is 0 Å². The van der Waals surface area contributed by atoms with E-state index in [1.165, 1.54) is 4.40 Å². The summed E-state index contributed by atoms with van der Waals surface area (Å²) >= 11 is 0. The van der Waals surface area contributed by atoms with Gasteiger partial charge >= 0.3 is 0 Å². The lowest BCUT2D eigenvalue weighted by Crippen LogP contribution is -2.20. The number of benzene rings is 2. The number of carbonyl (C=O) groups excluding carboxylic acids is 1. The third-order valence-electron chi connectivity index (χ3n) is 3.73. The molecule has 0 saturated carbocycles. The number of H-pyrrole nitrogens is 1. The summed E-state index contributed by atoms with van der Waals surface area (Å²) in [6, 6.07) is 14.4. The topological polar surface area (TPSA) is 80.4 Å². The molecule has 4 rings (SSSR count).